The molecule has 1 saturated heterocycles. The van der Waals surface area contributed by atoms with E-state index in [9.17, 15) is 4.79 Å². The zero-order valence-electron chi connectivity index (χ0n) is 15.0. The third-order valence-electron chi connectivity index (χ3n) is 4.41. The molecule has 5 nitrogen and oxygen atoms in total. The van der Waals surface area contributed by atoms with Crippen LogP contribution in [0.4, 0.5) is 0 Å². The number of carbonyl (C=O) groups is 1. The van der Waals surface area contributed by atoms with Crippen LogP contribution in [0, 0.1) is 0 Å². The van der Waals surface area contributed by atoms with E-state index >= 15 is 0 Å². The zero-order chi connectivity index (χ0) is 18.0. The van der Waals surface area contributed by atoms with Crippen molar-refractivity contribution in [2.75, 3.05) is 39.4 Å². The van der Waals surface area contributed by atoms with Crippen LogP contribution in [-0.2, 0) is 9.53 Å². The van der Waals surface area contributed by atoms with Gasteiger partial charge in [-0.25, -0.2) is 0 Å². The van der Waals surface area contributed by atoms with Gasteiger partial charge in [0.25, 0.3) is 5.91 Å². The lowest BCUT2D eigenvalue weighted by molar-refractivity contribution is -0.123. The zero-order valence-corrected chi connectivity index (χ0v) is 15.0. The predicted octanol–water partition coefficient (Wildman–Crippen LogP) is 2.65. The number of morpholine rings is 1. The van der Waals surface area contributed by atoms with Gasteiger partial charge in [0, 0.05) is 26.2 Å². The molecule has 138 valence electrons. The highest BCUT2D eigenvalue weighted by atomic mass is 16.5. The molecule has 0 spiro atoms. The van der Waals surface area contributed by atoms with Crippen LogP contribution >= 0.6 is 0 Å². The minimum atomic E-state index is -0.0852. The molecule has 1 heterocycles. The molecule has 1 fully saturated rings. The third-order valence-corrected chi connectivity index (χ3v) is 4.41. The smallest absolute Gasteiger partial charge is 0.257 e. The summed E-state index contributed by atoms with van der Waals surface area (Å²) in [5.41, 5.74) is 1.23. The van der Waals surface area contributed by atoms with Gasteiger partial charge in [0.2, 0.25) is 0 Å². The van der Waals surface area contributed by atoms with Gasteiger partial charge in [-0.3, -0.25) is 9.69 Å². The van der Waals surface area contributed by atoms with E-state index in [1.54, 1.807) is 0 Å². The monoisotopic (exact) mass is 354 g/mol. The second-order valence-corrected chi connectivity index (χ2v) is 6.38. The number of hydrogen-bond donors (Lipinski definition) is 1. The summed E-state index contributed by atoms with van der Waals surface area (Å²) >= 11 is 0. The maximum Gasteiger partial charge on any atom is 0.257 e. The van der Waals surface area contributed by atoms with E-state index in [0.717, 1.165) is 32.7 Å². The summed E-state index contributed by atoms with van der Waals surface area (Å²) in [6, 6.07) is 19.7. The molecule has 1 amide bonds. The third kappa shape index (κ3) is 5.86. The van der Waals surface area contributed by atoms with Crippen LogP contribution in [0.25, 0.3) is 0 Å². The molecule has 3 rings (SSSR count). The highest BCUT2D eigenvalue weighted by Gasteiger charge is 2.21. The Morgan fingerprint density at radius 1 is 1.12 bits per heavy atom. The summed E-state index contributed by atoms with van der Waals surface area (Å²) in [5, 5.41) is 2.91. The molecule has 26 heavy (non-hydrogen) atoms. The number of nitrogens with one attached hydrogen (secondary N) is 1. The van der Waals surface area contributed by atoms with Crippen molar-refractivity contribution < 1.29 is 14.3 Å². The van der Waals surface area contributed by atoms with Crippen LogP contribution in [0.15, 0.2) is 60.7 Å². The lowest BCUT2D eigenvalue weighted by Gasteiger charge is -2.33. The molecule has 1 aliphatic heterocycles. The van der Waals surface area contributed by atoms with Crippen LogP contribution in [0.2, 0.25) is 0 Å². The average molecular weight is 354 g/mol. The van der Waals surface area contributed by atoms with Crippen molar-refractivity contribution in [3.05, 3.63) is 66.2 Å². The summed E-state index contributed by atoms with van der Waals surface area (Å²) < 4.78 is 11.3. The Morgan fingerprint density at radius 2 is 1.85 bits per heavy atom. The SMILES string of the molecule is O=C(COc1ccccc1)NCCCN1CCOC(c2ccccc2)C1. The predicted molar refractivity (Wildman–Crippen MR) is 101 cm³/mol. The number of hydrogen-bond acceptors (Lipinski definition) is 4. The second kappa shape index (κ2) is 9.94. The van der Waals surface area contributed by atoms with Gasteiger partial charge in [0.1, 0.15) is 5.75 Å². The maximum atomic E-state index is 11.8. The fraction of sp³-hybridized carbons (Fsp3) is 0.381. The number of ether oxygens (including phenoxy) is 2. The number of amides is 1. The van der Waals surface area contributed by atoms with Crippen LogP contribution in [0.3, 0.4) is 0 Å². The van der Waals surface area contributed by atoms with Gasteiger partial charge in [-0.1, -0.05) is 48.5 Å². The molecular weight excluding hydrogens is 328 g/mol. The van der Waals surface area contributed by atoms with Gasteiger partial charge < -0.3 is 14.8 Å². The summed E-state index contributed by atoms with van der Waals surface area (Å²) in [6.45, 7) is 4.24. The van der Waals surface area contributed by atoms with E-state index in [4.69, 9.17) is 9.47 Å². The molecule has 1 atom stereocenters. The molecule has 0 aliphatic carbocycles. The Kier molecular flexibility index (Phi) is 7.05. The minimum Gasteiger partial charge on any atom is -0.484 e. The molecule has 1 aliphatic rings. The number of benzene rings is 2. The Balaban J connectivity index is 1.31. The Bertz CT molecular complexity index is 663. The van der Waals surface area contributed by atoms with Gasteiger partial charge >= 0.3 is 0 Å². The first kappa shape index (κ1) is 18.4. The molecule has 0 bridgehead atoms. The Labute approximate surface area is 154 Å². The fourth-order valence-electron chi connectivity index (χ4n) is 3.02. The van der Waals surface area contributed by atoms with E-state index in [1.807, 2.05) is 48.5 Å². The van der Waals surface area contributed by atoms with Crippen molar-refractivity contribution in [3.8, 4) is 5.75 Å². The molecule has 2 aromatic carbocycles. The molecule has 1 unspecified atom stereocenters. The molecule has 0 aromatic heterocycles. The van der Waals surface area contributed by atoms with Crippen LogP contribution < -0.4 is 10.1 Å². The van der Waals surface area contributed by atoms with Crippen LogP contribution in [0.1, 0.15) is 18.1 Å². The summed E-state index contributed by atoms with van der Waals surface area (Å²) in [6.07, 6.45) is 1.05. The van der Waals surface area contributed by atoms with Crippen molar-refractivity contribution in [2.45, 2.75) is 12.5 Å². The largest absolute Gasteiger partial charge is 0.484 e. The standard InChI is InChI=1S/C21H26N2O3/c24-21(17-26-19-10-5-2-6-11-19)22-12-7-13-23-14-15-25-20(16-23)18-8-3-1-4-9-18/h1-6,8-11,20H,7,12-17H2,(H,22,24). The maximum absolute atomic E-state index is 11.8. The van der Waals surface area contributed by atoms with Gasteiger partial charge in [0.15, 0.2) is 6.61 Å². The van der Waals surface area contributed by atoms with E-state index in [2.05, 4.69) is 22.3 Å². The molecule has 1 N–H and O–H groups in total. The Hall–Kier alpha value is -2.37. The van der Waals surface area contributed by atoms with Crippen molar-refractivity contribution in [1.82, 2.24) is 10.2 Å². The highest BCUT2D eigenvalue weighted by Crippen LogP contribution is 2.21. The topological polar surface area (TPSA) is 50.8 Å². The van der Waals surface area contributed by atoms with Gasteiger partial charge in [0.05, 0.1) is 12.7 Å². The first-order chi connectivity index (χ1) is 12.8. The molecule has 2 aromatic rings. The van der Waals surface area contributed by atoms with Crippen LogP contribution in [0.5, 0.6) is 5.75 Å². The quantitative estimate of drug-likeness (QED) is 0.741. The first-order valence-electron chi connectivity index (χ1n) is 9.15. The second-order valence-electron chi connectivity index (χ2n) is 6.38. The summed E-state index contributed by atoms with van der Waals surface area (Å²) in [7, 11) is 0. The fourth-order valence-corrected chi connectivity index (χ4v) is 3.02. The number of rotatable bonds is 8. The normalized spacial score (nSPS) is 17.6. The summed E-state index contributed by atoms with van der Waals surface area (Å²) in [4.78, 5) is 14.2. The number of para-hydroxylation sites is 1. The first-order valence-corrected chi connectivity index (χ1v) is 9.15. The molecule has 0 radical (unpaired) electrons. The molecule has 0 saturated carbocycles. The lowest BCUT2D eigenvalue weighted by atomic mass is 10.1. The van der Waals surface area contributed by atoms with Crippen molar-refractivity contribution >= 4 is 5.91 Å². The highest BCUT2D eigenvalue weighted by molar-refractivity contribution is 5.77. The lowest BCUT2D eigenvalue weighted by Crippen LogP contribution is -2.40. The van der Waals surface area contributed by atoms with Gasteiger partial charge in [-0.05, 0) is 24.1 Å². The van der Waals surface area contributed by atoms with Gasteiger partial charge in [-0.2, -0.15) is 0 Å². The van der Waals surface area contributed by atoms with Crippen molar-refractivity contribution in [1.29, 1.82) is 0 Å². The number of carbonyl (C=O) groups excluding carboxylic acids is 1. The average Bonchev–Trinajstić information content (AvgIpc) is 2.71. The summed E-state index contributed by atoms with van der Waals surface area (Å²) in [5.74, 6) is 0.626. The number of nitrogens with zero attached hydrogens (tertiary/aromatic N) is 1. The van der Waals surface area contributed by atoms with Crippen molar-refractivity contribution in [2.24, 2.45) is 0 Å². The van der Waals surface area contributed by atoms with Crippen LogP contribution in [-0.4, -0.2) is 50.2 Å². The van der Waals surface area contributed by atoms with Crippen molar-refractivity contribution in [3.63, 3.8) is 0 Å². The van der Waals surface area contributed by atoms with E-state index < -0.39 is 0 Å². The minimum absolute atomic E-state index is 0.0532. The van der Waals surface area contributed by atoms with E-state index in [1.165, 1.54) is 5.56 Å². The van der Waals surface area contributed by atoms with E-state index in [-0.39, 0.29) is 18.6 Å². The molecule has 5 heteroatoms. The van der Waals surface area contributed by atoms with E-state index in [0.29, 0.717) is 12.3 Å². The van der Waals surface area contributed by atoms with Gasteiger partial charge in [-0.15, -0.1) is 0 Å². The Morgan fingerprint density at radius 3 is 2.62 bits per heavy atom. The molecular formula is C21H26N2O3.